The molecule has 0 saturated carbocycles. The summed E-state index contributed by atoms with van der Waals surface area (Å²) in [6, 6.07) is 17.5. The van der Waals surface area contributed by atoms with E-state index in [4.69, 9.17) is 4.98 Å². The van der Waals surface area contributed by atoms with Crippen LogP contribution in [0.5, 0.6) is 0 Å². The molecule has 0 aliphatic heterocycles. The fraction of sp³-hybridized carbons (Fsp3) is 0.250. The van der Waals surface area contributed by atoms with Crippen LogP contribution in [-0.4, -0.2) is 35.2 Å². The third-order valence-electron chi connectivity index (χ3n) is 7.04. The van der Waals surface area contributed by atoms with Crippen LogP contribution < -0.4 is 0 Å². The lowest BCUT2D eigenvalue weighted by molar-refractivity contribution is 0.745. The largest absolute Gasteiger partial charge is 0.308 e. The molecule has 0 saturated heterocycles. The zero-order valence-electron chi connectivity index (χ0n) is 20.2. The number of aromatic nitrogens is 7. The summed E-state index contributed by atoms with van der Waals surface area (Å²) in [5.41, 5.74) is 11.8. The highest BCUT2D eigenvalue weighted by Gasteiger charge is 2.22. The predicted molar refractivity (Wildman–Crippen MR) is 137 cm³/mol. The fourth-order valence-corrected chi connectivity index (χ4v) is 5.24. The number of aromatic amines is 1. The van der Waals surface area contributed by atoms with Crippen molar-refractivity contribution in [1.29, 1.82) is 0 Å². The number of allylic oxidation sites excluding steroid dienone is 1. The number of fused-ring (bicyclic) bond motifs is 3. The summed E-state index contributed by atoms with van der Waals surface area (Å²) in [7, 11) is 0. The number of tetrazole rings is 1. The number of rotatable bonds is 4. The average molecular weight is 462 g/mol. The lowest BCUT2D eigenvalue weighted by atomic mass is 9.89. The smallest absolute Gasteiger partial charge is 0.175 e. The monoisotopic (exact) mass is 461 g/mol. The van der Waals surface area contributed by atoms with Crippen LogP contribution in [0.2, 0.25) is 0 Å². The van der Waals surface area contributed by atoms with Crippen LogP contribution in [0.25, 0.3) is 22.3 Å². The second kappa shape index (κ2) is 8.58. The first-order valence-electron chi connectivity index (χ1n) is 12.1. The van der Waals surface area contributed by atoms with Gasteiger partial charge in [0.05, 0.1) is 6.54 Å². The van der Waals surface area contributed by atoms with E-state index in [0.717, 1.165) is 53.9 Å². The standard InChI is InChI=1S/C28H27N7/c1-4-24-30-26-17(2)13-14-29-28(26)35(24)16-19-9-12-23-21(15-19)11-10-20-7-5-6-8-22(20)25(23)18(3)27-31-33-34-32-27/h5-9,12-15H,4,10-11,16H2,1-3H3,(H,31,32,33,34)/b25-18+. The molecule has 3 aromatic heterocycles. The molecular formula is C28H27N7. The zero-order valence-corrected chi connectivity index (χ0v) is 20.2. The van der Waals surface area contributed by atoms with Crippen molar-refractivity contribution in [2.24, 2.45) is 0 Å². The molecule has 0 atom stereocenters. The van der Waals surface area contributed by atoms with E-state index in [9.17, 15) is 0 Å². The Morgan fingerprint density at radius 2 is 1.86 bits per heavy atom. The molecule has 7 heteroatoms. The first kappa shape index (κ1) is 21.4. The lowest BCUT2D eigenvalue weighted by Gasteiger charge is -2.16. The first-order chi connectivity index (χ1) is 17.1. The van der Waals surface area contributed by atoms with E-state index in [1.165, 1.54) is 33.4 Å². The summed E-state index contributed by atoms with van der Waals surface area (Å²) in [4.78, 5) is 9.56. The zero-order chi connectivity index (χ0) is 23.9. The lowest BCUT2D eigenvalue weighted by Crippen LogP contribution is -2.06. The molecule has 1 N–H and O–H groups in total. The molecule has 0 fully saturated rings. The normalized spacial score (nSPS) is 14.5. The molecule has 35 heavy (non-hydrogen) atoms. The van der Waals surface area contributed by atoms with E-state index in [2.05, 4.69) is 93.4 Å². The van der Waals surface area contributed by atoms with Gasteiger partial charge >= 0.3 is 0 Å². The summed E-state index contributed by atoms with van der Waals surface area (Å²) >= 11 is 0. The minimum Gasteiger partial charge on any atom is -0.308 e. The Morgan fingerprint density at radius 1 is 1.03 bits per heavy atom. The molecular weight excluding hydrogens is 434 g/mol. The Labute approximate surface area is 204 Å². The predicted octanol–water partition coefficient (Wildman–Crippen LogP) is 4.94. The summed E-state index contributed by atoms with van der Waals surface area (Å²) < 4.78 is 2.26. The average Bonchev–Trinajstić information content (AvgIpc) is 3.50. The van der Waals surface area contributed by atoms with Gasteiger partial charge in [-0.25, -0.2) is 15.1 Å². The van der Waals surface area contributed by atoms with Crippen molar-refractivity contribution in [3.63, 3.8) is 0 Å². The fourth-order valence-electron chi connectivity index (χ4n) is 5.24. The quantitative estimate of drug-likeness (QED) is 0.410. The number of nitrogens with one attached hydrogen (secondary N) is 1. The summed E-state index contributed by atoms with van der Waals surface area (Å²) in [5.74, 6) is 1.77. The second-order valence-electron chi connectivity index (χ2n) is 9.17. The van der Waals surface area contributed by atoms with Crippen LogP contribution in [0.4, 0.5) is 0 Å². The van der Waals surface area contributed by atoms with Crippen molar-refractivity contribution in [2.75, 3.05) is 0 Å². The van der Waals surface area contributed by atoms with Crippen LogP contribution in [0.3, 0.4) is 0 Å². The number of imidazole rings is 1. The third-order valence-corrected chi connectivity index (χ3v) is 7.04. The van der Waals surface area contributed by atoms with Gasteiger partial charge in [0.2, 0.25) is 0 Å². The van der Waals surface area contributed by atoms with E-state index >= 15 is 0 Å². The number of benzene rings is 2. The molecule has 1 aliphatic carbocycles. The van der Waals surface area contributed by atoms with Gasteiger partial charge in [0.1, 0.15) is 11.3 Å². The maximum atomic E-state index is 4.89. The van der Waals surface area contributed by atoms with Gasteiger partial charge in [-0.1, -0.05) is 49.4 Å². The third kappa shape index (κ3) is 3.64. The maximum Gasteiger partial charge on any atom is 0.175 e. The minimum atomic E-state index is 0.700. The number of hydrogen-bond acceptors (Lipinski definition) is 5. The Bertz CT molecular complexity index is 1570. The SMILES string of the molecule is CCc1nc2c(C)ccnc2n1Cc1ccc2c(c1)CCc1ccccc1/C2=C(/C)c1nnn[nH]1. The van der Waals surface area contributed by atoms with Gasteiger partial charge in [0.15, 0.2) is 11.5 Å². The molecule has 0 spiro atoms. The van der Waals surface area contributed by atoms with Gasteiger partial charge < -0.3 is 4.57 Å². The van der Waals surface area contributed by atoms with Crippen LogP contribution in [0, 0.1) is 6.92 Å². The molecule has 0 bridgehead atoms. The van der Waals surface area contributed by atoms with E-state index in [0.29, 0.717) is 5.82 Å². The van der Waals surface area contributed by atoms with Crippen LogP contribution in [0.15, 0.2) is 54.7 Å². The van der Waals surface area contributed by atoms with Gasteiger partial charge in [-0.3, -0.25) is 0 Å². The molecule has 3 heterocycles. The summed E-state index contributed by atoms with van der Waals surface area (Å²) in [6.07, 6.45) is 4.72. The van der Waals surface area contributed by atoms with Crippen LogP contribution in [-0.2, 0) is 25.8 Å². The highest BCUT2D eigenvalue weighted by molar-refractivity contribution is 5.98. The second-order valence-corrected chi connectivity index (χ2v) is 9.17. The molecule has 174 valence electrons. The Kier molecular flexibility index (Phi) is 5.25. The number of H-pyrrole nitrogens is 1. The van der Waals surface area contributed by atoms with E-state index in [1.54, 1.807) is 0 Å². The van der Waals surface area contributed by atoms with Crippen molar-refractivity contribution < 1.29 is 0 Å². The van der Waals surface area contributed by atoms with Crippen molar-refractivity contribution in [2.45, 2.75) is 46.6 Å². The molecule has 2 aromatic carbocycles. The Balaban J connectivity index is 1.48. The van der Waals surface area contributed by atoms with Crippen molar-refractivity contribution in [3.05, 3.63) is 99.8 Å². The van der Waals surface area contributed by atoms with Gasteiger partial charge in [-0.15, -0.1) is 5.10 Å². The number of aryl methyl sites for hydroxylation is 4. The van der Waals surface area contributed by atoms with Crippen molar-refractivity contribution in [3.8, 4) is 0 Å². The number of pyridine rings is 1. The molecule has 0 unspecified atom stereocenters. The van der Waals surface area contributed by atoms with E-state index in [-0.39, 0.29) is 0 Å². The van der Waals surface area contributed by atoms with Gasteiger partial charge in [0, 0.05) is 18.2 Å². The minimum absolute atomic E-state index is 0.700. The van der Waals surface area contributed by atoms with Crippen LogP contribution in [0.1, 0.15) is 58.9 Å². The highest BCUT2D eigenvalue weighted by atomic mass is 15.5. The maximum absolute atomic E-state index is 4.89. The van der Waals surface area contributed by atoms with Crippen LogP contribution >= 0.6 is 0 Å². The van der Waals surface area contributed by atoms with Gasteiger partial charge in [0.25, 0.3) is 0 Å². The molecule has 7 nitrogen and oxygen atoms in total. The molecule has 5 aromatic rings. The summed E-state index contributed by atoms with van der Waals surface area (Å²) in [6.45, 7) is 7.09. The Hall–Kier alpha value is -4.13. The molecule has 0 radical (unpaired) electrons. The Morgan fingerprint density at radius 3 is 2.69 bits per heavy atom. The van der Waals surface area contributed by atoms with E-state index in [1.807, 2.05) is 12.3 Å². The van der Waals surface area contributed by atoms with Gasteiger partial charge in [-0.2, -0.15) is 0 Å². The first-order valence-corrected chi connectivity index (χ1v) is 12.1. The number of nitrogens with zero attached hydrogens (tertiary/aromatic N) is 6. The molecule has 6 rings (SSSR count). The molecule has 1 aliphatic rings. The number of hydrogen-bond donors (Lipinski definition) is 1. The topological polar surface area (TPSA) is 85.2 Å². The van der Waals surface area contributed by atoms with Crippen molar-refractivity contribution in [1.82, 2.24) is 35.2 Å². The summed E-state index contributed by atoms with van der Waals surface area (Å²) in [5, 5.41) is 14.8. The van der Waals surface area contributed by atoms with E-state index < -0.39 is 0 Å². The molecule has 0 amide bonds. The van der Waals surface area contributed by atoms with Crippen molar-refractivity contribution >= 4 is 22.3 Å². The van der Waals surface area contributed by atoms with Gasteiger partial charge in [-0.05, 0) is 82.1 Å². The highest BCUT2D eigenvalue weighted by Crippen LogP contribution is 2.38.